The smallest absolute Gasteiger partial charge is 0.253 e. The van der Waals surface area contributed by atoms with Crippen molar-refractivity contribution in [3.8, 4) is 11.5 Å². The van der Waals surface area contributed by atoms with Gasteiger partial charge in [-0.2, -0.15) is 4.31 Å². The molecule has 1 amide bonds. The van der Waals surface area contributed by atoms with Gasteiger partial charge in [-0.05, 0) is 55.7 Å². The van der Waals surface area contributed by atoms with E-state index in [9.17, 15) is 13.2 Å². The molecule has 162 valence electrons. The van der Waals surface area contributed by atoms with E-state index >= 15 is 0 Å². The molecular weight excluding hydrogens is 428 g/mol. The third kappa shape index (κ3) is 4.88. The van der Waals surface area contributed by atoms with Gasteiger partial charge in [0.2, 0.25) is 10.0 Å². The van der Waals surface area contributed by atoms with Crippen LogP contribution in [0.5, 0.6) is 11.5 Å². The van der Waals surface area contributed by atoms with Gasteiger partial charge in [0.15, 0.2) is 11.5 Å². The van der Waals surface area contributed by atoms with Crippen LogP contribution in [-0.4, -0.2) is 45.4 Å². The first-order chi connectivity index (χ1) is 14.4. The molecule has 7 nitrogen and oxygen atoms in total. The van der Waals surface area contributed by atoms with Gasteiger partial charge in [-0.3, -0.25) is 4.79 Å². The van der Waals surface area contributed by atoms with Gasteiger partial charge in [-0.15, -0.1) is 0 Å². The maximum Gasteiger partial charge on any atom is 0.253 e. The van der Waals surface area contributed by atoms with Crippen molar-refractivity contribution in [2.24, 2.45) is 0 Å². The first kappa shape index (κ1) is 22.4. The number of nitrogens with one attached hydrogen (secondary N) is 1. The van der Waals surface area contributed by atoms with Gasteiger partial charge in [0, 0.05) is 19.6 Å². The third-order valence-corrected chi connectivity index (χ3v) is 7.09. The number of nitrogens with zero attached hydrogens (tertiary/aromatic N) is 1. The van der Waals surface area contributed by atoms with E-state index in [1.165, 1.54) is 22.5 Å². The van der Waals surface area contributed by atoms with Crippen molar-refractivity contribution in [2.75, 3.05) is 26.8 Å². The lowest BCUT2D eigenvalue weighted by atomic mass is 10.1. The van der Waals surface area contributed by atoms with E-state index in [0.29, 0.717) is 31.2 Å². The van der Waals surface area contributed by atoms with Gasteiger partial charge in [0.25, 0.3) is 5.91 Å². The summed E-state index contributed by atoms with van der Waals surface area (Å²) >= 11 is 6.18. The van der Waals surface area contributed by atoms with Crippen LogP contribution in [0.1, 0.15) is 35.7 Å². The molecule has 2 aromatic rings. The maximum absolute atomic E-state index is 12.8. The second-order valence-corrected chi connectivity index (χ2v) is 9.20. The van der Waals surface area contributed by atoms with Crippen LogP contribution in [0.2, 0.25) is 5.02 Å². The Morgan fingerprint density at radius 3 is 2.53 bits per heavy atom. The second-order valence-electron chi connectivity index (χ2n) is 6.85. The molecule has 0 saturated carbocycles. The fraction of sp³-hybridized carbons (Fsp3) is 0.381. The van der Waals surface area contributed by atoms with E-state index in [-0.39, 0.29) is 22.0 Å². The number of amides is 1. The lowest BCUT2D eigenvalue weighted by Gasteiger charge is -2.16. The molecule has 0 bridgehead atoms. The molecule has 0 unspecified atom stereocenters. The molecule has 0 atom stereocenters. The van der Waals surface area contributed by atoms with E-state index in [2.05, 4.69) is 5.32 Å². The number of methoxy groups -OCH3 is 1. The average molecular weight is 453 g/mol. The van der Waals surface area contributed by atoms with Crippen LogP contribution in [0.3, 0.4) is 0 Å². The molecule has 2 aromatic carbocycles. The summed E-state index contributed by atoms with van der Waals surface area (Å²) in [6.45, 7) is 3.61. The standard InChI is InChI=1S/C21H25ClN2O5S/c1-3-29-19-9-6-15(12-20(19)28-2)14-23-21(25)17-13-16(7-8-18(17)22)30(26,27)24-10-4-5-11-24/h6-9,12-13H,3-5,10-11,14H2,1-2H3,(H,23,25). The Kier molecular flexibility index (Phi) is 7.23. The zero-order valence-electron chi connectivity index (χ0n) is 17.0. The van der Waals surface area contributed by atoms with Crippen molar-refractivity contribution in [3.63, 3.8) is 0 Å². The predicted molar refractivity (Wildman–Crippen MR) is 115 cm³/mol. The molecule has 1 N–H and O–H groups in total. The molecular formula is C21H25ClN2O5S. The van der Waals surface area contributed by atoms with E-state index in [0.717, 1.165) is 18.4 Å². The Morgan fingerprint density at radius 2 is 1.87 bits per heavy atom. The molecule has 0 radical (unpaired) electrons. The number of halogens is 1. The van der Waals surface area contributed by atoms with E-state index in [4.69, 9.17) is 21.1 Å². The second kappa shape index (κ2) is 9.68. The molecule has 0 aromatic heterocycles. The summed E-state index contributed by atoms with van der Waals surface area (Å²) in [4.78, 5) is 12.8. The van der Waals surface area contributed by atoms with Crippen molar-refractivity contribution in [1.29, 1.82) is 0 Å². The van der Waals surface area contributed by atoms with Gasteiger partial charge in [-0.1, -0.05) is 17.7 Å². The lowest BCUT2D eigenvalue weighted by molar-refractivity contribution is 0.0951. The molecule has 0 spiro atoms. The summed E-state index contributed by atoms with van der Waals surface area (Å²) in [6.07, 6.45) is 1.68. The SMILES string of the molecule is CCOc1ccc(CNC(=O)c2cc(S(=O)(=O)N3CCCC3)ccc2Cl)cc1OC. The quantitative estimate of drug-likeness (QED) is 0.663. The molecule has 1 heterocycles. The number of ether oxygens (including phenoxy) is 2. The van der Waals surface area contributed by atoms with Crippen LogP contribution in [0, 0.1) is 0 Å². The summed E-state index contributed by atoms with van der Waals surface area (Å²) in [5, 5.41) is 2.97. The van der Waals surface area contributed by atoms with Gasteiger partial charge in [-0.25, -0.2) is 8.42 Å². The number of rotatable bonds is 8. The molecule has 30 heavy (non-hydrogen) atoms. The number of benzene rings is 2. The van der Waals surface area contributed by atoms with Gasteiger partial charge >= 0.3 is 0 Å². The zero-order chi connectivity index (χ0) is 21.7. The highest BCUT2D eigenvalue weighted by molar-refractivity contribution is 7.89. The monoisotopic (exact) mass is 452 g/mol. The van der Waals surface area contributed by atoms with Gasteiger partial charge in [0.1, 0.15) is 0 Å². The van der Waals surface area contributed by atoms with Crippen molar-refractivity contribution in [3.05, 3.63) is 52.5 Å². The van der Waals surface area contributed by atoms with Crippen LogP contribution in [0.25, 0.3) is 0 Å². The van der Waals surface area contributed by atoms with Crippen molar-refractivity contribution < 1.29 is 22.7 Å². The normalized spacial score (nSPS) is 14.5. The summed E-state index contributed by atoms with van der Waals surface area (Å²) in [5.41, 5.74) is 0.926. The summed E-state index contributed by atoms with van der Waals surface area (Å²) < 4.78 is 37.8. The molecule has 1 saturated heterocycles. The predicted octanol–water partition coefficient (Wildman–Crippen LogP) is 3.46. The first-order valence-corrected chi connectivity index (χ1v) is 11.6. The largest absolute Gasteiger partial charge is 0.493 e. The molecule has 1 aliphatic rings. The molecule has 3 rings (SSSR count). The number of carbonyl (C=O) groups is 1. The number of hydrogen-bond donors (Lipinski definition) is 1. The number of carbonyl (C=O) groups excluding carboxylic acids is 1. The fourth-order valence-corrected chi connectivity index (χ4v) is 5.04. The van der Waals surface area contributed by atoms with Gasteiger partial charge < -0.3 is 14.8 Å². The highest BCUT2D eigenvalue weighted by atomic mass is 35.5. The van der Waals surface area contributed by atoms with Crippen molar-refractivity contribution in [1.82, 2.24) is 9.62 Å². The Hall–Kier alpha value is -2.29. The van der Waals surface area contributed by atoms with Crippen LogP contribution in [0.4, 0.5) is 0 Å². The van der Waals surface area contributed by atoms with Gasteiger partial charge in [0.05, 0.1) is 29.2 Å². The number of hydrogen-bond acceptors (Lipinski definition) is 5. The fourth-order valence-electron chi connectivity index (χ4n) is 3.29. The maximum atomic E-state index is 12.8. The molecule has 0 aliphatic carbocycles. The highest BCUT2D eigenvalue weighted by Gasteiger charge is 2.28. The van der Waals surface area contributed by atoms with Crippen LogP contribution in [0.15, 0.2) is 41.3 Å². The minimum atomic E-state index is -3.63. The van der Waals surface area contributed by atoms with Crippen LogP contribution in [-0.2, 0) is 16.6 Å². The summed E-state index contributed by atoms with van der Waals surface area (Å²) in [5.74, 6) is 0.740. The van der Waals surface area contributed by atoms with Crippen molar-refractivity contribution >= 4 is 27.5 Å². The van der Waals surface area contributed by atoms with Crippen LogP contribution < -0.4 is 14.8 Å². The van der Waals surface area contributed by atoms with E-state index in [1.54, 1.807) is 19.2 Å². The third-order valence-electron chi connectivity index (χ3n) is 4.87. The Bertz CT molecular complexity index is 1020. The topological polar surface area (TPSA) is 84.9 Å². The average Bonchev–Trinajstić information content (AvgIpc) is 3.29. The zero-order valence-corrected chi connectivity index (χ0v) is 18.6. The molecule has 1 fully saturated rings. The van der Waals surface area contributed by atoms with Crippen molar-refractivity contribution in [2.45, 2.75) is 31.2 Å². The molecule has 9 heteroatoms. The molecule has 1 aliphatic heterocycles. The minimum absolute atomic E-state index is 0.0710. The Morgan fingerprint density at radius 1 is 1.13 bits per heavy atom. The minimum Gasteiger partial charge on any atom is -0.493 e. The lowest BCUT2D eigenvalue weighted by Crippen LogP contribution is -2.28. The highest BCUT2D eigenvalue weighted by Crippen LogP contribution is 2.28. The van der Waals surface area contributed by atoms with Crippen LogP contribution >= 0.6 is 11.6 Å². The summed E-state index contributed by atoms with van der Waals surface area (Å²) in [6, 6.07) is 9.60. The Balaban J connectivity index is 1.76. The Labute approximate surface area is 182 Å². The van der Waals surface area contributed by atoms with E-state index in [1.807, 2.05) is 13.0 Å². The van der Waals surface area contributed by atoms with E-state index < -0.39 is 15.9 Å². The summed E-state index contributed by atoms with van der Waals surface area (Å²) in [7, 11) is -2.09. The number of sulfonamides is 1. The first-order valence-electron chi connectivity index (χ1n) is 9.74.